The van der Waals surface area contributed by atoms with Gasteiger partial charge in [-0.3, -0.25) is 14.4 Å². The highest BCUT2D eigenvalue weighted by Crippen LogP contribution is 2.23. The molecule has 2 atom stereocenters. The number of carbonyl (C=O) groups is 3. The van der Waals surface area contributed by atoms with Gasteiger partial charge in [-0.1, -0.05) is 48.5 Å². The summed E-state index contributed by atoms with van der Waals surface area (Å²) in [5.74, 6) is -0.988. The number of halogens is 1. The molecule has 2 aromatic carbocycles. The van der Waals surface area contributed by atoms with E-state index in [0.29, 0.717) is 5.56 Å². The molecule has 0 unspecified atom stereocenters. The van der Waals surface area contributed by atoms with E-state index >= 15 is 0 Å². The molecule has 8 heteroatoms. The van der Waals surface area contributed by atoms with Crippen molar-refractivity contribution < 1.29 is 24.0 Å². The van der Waals surface area contributed by atoms with Gasteiger partial charge in [0.1, 0.15) is 18.8 Å². The van der Waals surface area contributed by atoms with Crippen LogP contribution < -0.4 is 5.48 Å². The summed E-state index contributed by atoms with van der Waals surface area (Å²) in [4.78, 5) is 42.7. The average Bonchev–Trinajstić information content (AvgIpc) is 3.16. The third-order valence-electron chi connectivity index (χ3n) is 4.34. The fourth-order valence-electron chi connectivity index (χ4n) is 2.91. The van der Waals surface area contributed by atoms with Crippen LogP contribution in [-0.2, 0) is 21.0 Å². The monoisotopic (exact) mass is 402 g/mol. The van der Waals surface area contributed by atoms with Gasteiger partial charge in [0.25, 0.3) is 5.91 Å². The highest BCUT2D eigenvalue weighted by Gasteiger charge is 2.41. The van der Waals surface area contributed by atoms with Gasteiger partial charge in [-0.15, -0.1) is 0 Å². The molecule has 1 heterocycles. The van der Waals surface area contributed by atoms with E-state index in [4.69, 9.17) is 21.2 Å². The molecule has 2 aromatic rings. The molecule has 1 saturated heterocycles. The standard InChI is InChI=1S/C20H19ClN2O5/c21-20(26)23-12-16(28-22-18(24)15-9-5-2-6-10-15)11-17(23)19(25)27-13-14-7-3-1-4-8-14/h1-10,16-17H,11-13H2,(H,22,24)/t16-,17+/m0/s1. The van der Waals surface area contributed by atoms with Gasteiger partial charge in [-0.2, -0.15) is 0 Å². The van der Waals surface area contributed by atoms with Gasteiger partial charge >= 0.3 is 11.3 Å². The molecule has 2 amide bonds. The number of likely N-dealkylation sites (tertiary alicyclic amines) is 1. The first-order chi connectivity index (χ1) is 13.5. The first-order valence-electron chi connectivity index (χ1n) is 8.72. The highest BCUT2D eigenvalue weighted by molar-refractivity contribution is 6.63. The smallest absolute Gasteiger partial charge is 0.329 e. The number of nitrogens with zero attached hydrogens (tertiary/aromatic N) is 1. The van der Waals surface area contributed by atoms with Crippen LogP contribution in [0.4, 0.5) is 4.79 Å². The molecular weight excluding hydrogens is 384 g/mol. The quantitative estimate of drug-likeness (QED) is 0.347. The fraction of sp³-hybridized carbons (Fsp3) is 0.250. The predicted molar refractivity (Wildman–Crippen MR) is 101 cm³/mol. The molecule has 7 nitrogen and oxygen atoms in total. The molecule has 3 rings (SSSR count). The number of hydrogen-bond donors (Lipinski definition) is 1. The third-order valence-corrected chi connectivity index (χ3v) is 4.56. The Balaban J connectivity index is 1.55. The van der Waals surface area contributed by atoms with Crippen molar-refractivity contribution in [3.05, 3.63) is 71.8 Å². The molecule has 0 saturated carbocycles. The minimum Gasteiger partial charge on any atom is -0.459 e. The molecule has 28 heavy (non-hydrogen) atoms. The number of amides is 2. The zero-order valence-electron chi connectivity index (χ0n) is 14.9. The van der Waals surface area contributed by atoms with E-state index in [1.807, 2.05) is 30.3 Å². The minimum absolute atomic E-state index is 0.0719. The van der Waals surface area contributed by atoms with Gasteiger partial charge in [0.15, 0.2) is 0 Å². The second-order valence-corrected chi connectivity index (χ2v) is 6.61. The summed E-state index contributed by atoms with van der Waals surface area (Å²) >= 11 is 5.60. The van der Waals surface area contributed by atoms with Crippen molar-refractivity contribution in [1.82, 2.24) is 10.4 Å². The molecule has 0 spiro atoms. The van der Waals surface area contributed by atoms with E-state index < -0.39 is 29.4 Å². The number of hydrogen-bond acceptors (Lipinski definition) is 5. The Morgan fingerprint density at radius 2 is 1.68 bits per heavy atom. The zero-order valence-corrected chi connectivity index (χ0v) is 15.7. The molecule has 0 aliphatic carbocycles. The summed E-state index contributed by atoms with van der Waals surface area (Å²) in [5.41, 5.74) is 3.61. The SMILES string of the molecule is O=C(NO[C@H]1C[C@H](C(=O)OCc2ccccc2)N(C(=O)Cl)C1)c1ccccc1. The van der Waals surface area contributed by atoms with Crippen LogP contribution >= 0.6 is 11.6 Å². The van der Waals surface area contributed by atoms with Gasteiger partial charge < -0.3 is 9.64 Å². The number of hydroxylamine groups is 1. The number of benzene rings is 2. The van der Waals surface area contributed by atoms with Crippen molar-refractivity contribution in [2.24, 2.45) is 0 Å². The predicted octanol–water partition coefficient (Wildman–Crippen LogP) is 2.89. The molecule has 0 bridgehead atoms. The molecule has 1 fully saturated rings. The maximum atomic E-state index is 12.4. The fourth-order valence-corrected chi connectivity index (χ4v) is 3.10. The molecular formula is C20H19ClN2O5. The van der Waals surface area contributed by atoms with Crippen LogP contribution in [0, 0.1) is 0 Å². The topological polar surface area (TPSA) is 84.9 Å². The lowest BCUT2D eigenvalue weighted by molar-refractivity contribution is -0.149. The van der Waals surface area contributed by atoms with Gasteiger partial charge in [0.2, 0.25) is 0 Å². The van der Waals surface area contributed by atoms with E-state index in [2.05, 4.69) is 5.48 Å². The Labute approximate surface area is 167 Å². The van der Waals surface area contributed by atoms with Crippen molar-refractivity contribution in [1.29, 1.82) is 0 Å². The van der Waals surface area contributed by atoms with Crippen LogP contribution in [0.5, 0.6) is 0 Å². The van der Waals surface area contributed by atoms with E-state index in [9.17, 15) is 14.4 Å². The highest BCUT2D eigenvalue weighted by atomic mass is 35.5. The van der Waals surface area contributed by atoms with Crippen LogP contribution in [0.25, 0.3) is 0 Å². The Morgan fingerprint density at radius 1 is 1.04 bits per heavy atom. The summed E-state index contributed by atoms with van der Waals surface area (Å²) in [7, 11) is 0. The van der Waals surface area contributed by atoms with Gasteiger partial charge in [-0.05, 0) is 29.3 Å². The number of rotatable bonds is 6. The molecule has 1 N–H and O–H groups in total. The number of esters is 1. The van der Waals surface area contributed by atoms with Gasteiger partial charge in [0, 0.05) is 12.0 Å². The Morgan fingerprint density at radius 3 is 2.32 bits per heavy atom. The Kier molecular flexibility index (Phi) is 6.62. The average molecular weight is 403 g/mol. The normalized spacial score (nSPS) is 18.5. The Hall–Kier alpha value is -2.90. The second-order valence-electron chi connectivity index (χ2n) is 6.29. The Bertz CT molecular complexity index is 831. The van der Waals surface area contributed by atoms with Crippen LogP contribution in [-0.4, -0.2) is 40.8 Å². The van der Waals surface area contributed by atoms with Crippen LogP contribution in [0.3, 0.4) is 0 Å². The van der Waals surface area contributed by atoms with Crippen molar-refractivity contribution in [2.75, 3.05) is 6.54 Å². The van der Waals surface area contributed by atoms with Gasteiger partial charge in [-0.25, -0.2) is 10.3 Å². The van der Waals surface area contributed by atoms with Crippen molar-refractivity contribution in [2.45, 2.75) is 25.2 Å². The lowest BCUT2D eigenvalue weighted by Gasteiger charge is -2.19. The molecule has 146 valence electrons. The molecule has 0 radical (unpaired) electrons. The first kappa shape index (κ1) is 19.9. The van der Waals surface area contributed by atoms with Crippen LogP contribution in [0.2, 0.25) is 0 Å². The van der Waals surface area contributed by atoms with Crippen molar-refractivity contribution >= 4 is 28.8 Å². The summed E-state index contributed by atoms with van der Waals surface area (Å²) < 4.78 is 5.30. The van der Waals surface area contributed by atoms with E-state index in [1.165, 1.54) is 4.90 Å². The number of carbonyl (C=O) groups excluding carboxylic acids is 3. The third kappa shape index (κ3) is 5.09. The van der Waals surface area contributed by atoms with E-state index in [-0.39, 0.29) is 19.6 Å². The van der Waals surface area contributed by atoms with Crippen LogP contribution in [0.15, 0.2) is 60.7 Å². The number of nitrogens with one attached hydrogen (secondary N) is 1. The molecule has 1 aliphatic heterocycles. The van der Waals surface area contributed by atoms with E-state index in [1.54, 1.807) is 30.3 Å². The summed E-state index contributed by atoms with van der Waals surface area (Å²) in [6.45, 7) is 0.166. The first-order valence-corrected chi connectivity index (χ1v) is 9.10. The second kappa shape index (κ2) is 9.34. The zero-order chi connectivity index (χ0) is 19.9. The maximum Gasteiger partial charge on any atom is 0.329 e. The largest absolute Gasteiger partial charge is 0.459 e. The van der Waals surface area contributed by atoms with Crippen LogP contribution in [0.1, 0.15) is 22.3 Å². The van der Waals surface area contributed by atoms with Crippen molar-refractivity contribution in [3.8, 4) is 0 Å². The lowest BCUT2D eigenvalue weighted by Crippen LogP contribution is -2.38. The maximum absolute atomic E-state index is 12.4. The summed E-state index contributed by atoms with van der Waals surface area (Å²) in [6.07, 6.45) is -0.411. The van der Waals surface area contributed by atoms with E-state index in [0.717, 1.165) is 5.56 Å². The number of ether oxygens (including phenoxy) is 1. The molecule has 1 aliphatic rings. The summed E-state index contributed by atoms with van der Waals surface area (Å²) in [5, 5.41) is -0.776. The molecule has 0 aromatic heterocycles. The minimum atomic E-state index is -0.868. The lowest BCUT2D eigenvalue weighted by atomic mass is 10.2. The summed E-state index contributed by atoms with van der Waals surface area (Å²) in [6, 6.07) is 16.9. The van der Waals surface area contributed by atoms with Crippen molar-refractivity contribution in [3.63, 3.8) is 0 Å². The van der Waals surface area contributed by atoms with Gasteiger partial charge in [0.05, 0.1) is 6.54 Å².